The molecule has 2 aliphatic rings. The molecule has 4 rings (SSSR count). The zero-order chi connectivity index (χ0) is 16.7. The zero-order valence-electron chi connectivity index (χ0n) is 13.0. The smallest absolute Gasteiger partial charge is 0.414 e. The van der Waals surface area contributed by atoms with Crippen LogP contribution < -0.4 is 24.8 Å². The molecule has 0 unspecified atom stereocenters. The topological polar surface area (TPSA) is 83.3 Å². The molecule has 0 aromatic heterocycles. The predicted octanol–water partition coefficient (Wildman–Crippen LogP) is 2.88. The summed E-state index contributed by atoms with van der Waals surface area (Å²) >= 11 is 0. The van der Waals surface area contributed by atoms with Gasteiger partial charge in [-0.3, -0.25) is 4.90 Å². The van der Waals surface area contributed by atoms with Crippen molar-refractivity contribution in [3.63, 3.8) is 0 Å². The summed E-state index contributed by atoms with van der Waals surface area (Å²) < 4.78 is 22.2. The van der Waals surface area contributed by atoms with Crippen LogP contribution in [0.15, 0.2) is 36.4 Å². The van der Waals surface area contributed by atoms with E-state index in [1.165, 1.54) is 4.90 Å². The summed E-state index contributed by atoms with van der Waals surface area (Å²) in [7, 11) is 1.57. The van der Waals surface area contributed by atoms with Gasteiger partial charge in [-0.1, -0.05) is 6.07 Å². The van der Waals surface area contributed by atoms with Crippen LogP contribution in [0.3, 0.4) is 0 Å². The van der Waals surface area contributed by atoms with Crippen molar-refractivity contribution in [2.75, 3.05) is 25.1 Å². The van der Waals surface area contributed by atoms with Crippen LogP contribution in [-0.2, 0) is 4.74 Å². The quantitative estimate of drug-likeness (QED) is 0.796. The normalized spacial score (nSPS) is 18.2. The van der Waals surface area contributed by atoms with Crippen molar-refractivity contribution in [1.82, 2.24) is 0 Å². The van der Waals surface area contributed by atoms with E-state index in [9.17, 15) is 4.79 Å². The molecule has 2 heterocycles. The van der Waals surface area contributed by atoms with E-state index < -0.39 is 6.09 Å². The fourth-order valence-electron chi connectivity index (χ4n) is 2.75. The number of anilines is 1. The monoisotopic (exact) mass is 328 g/mol. The number of hydrogen-bond donors (Lipinski definition) is 1. The van der Waals surface area contributed by atoms with Crippen molar-refractivity contribution in [2.45, 2.75) is 6.10 Å². The van der Waals surface area contributed by atoms with E-state index in [2.05, 4.69) is 0 Å². The number of fused-ring (bicyclic) bond motifs is 2. The van der Waals surface area contributed by atoms with Crippen molar-refractivity contribution >= 4 is 11.8 Å². The minimum absolute atomic E-state index is 0.292. The van der Waals surface area contributed by atoms with Gasteiger partial charge in [-0.2, -0.15) is 0 Å². The van der Waals surface area contributed by atoms with Crippen LogP contribution in [0.1, 0.15) is 0 Å². The van der Waals surface area contributed by atoms with Crippen LogP contribution in [0.2, 0.25) is 0 Å². The standard InChI is InChI=1S/C17H16N2O5/c1-21-13-3-2-4-14-16(13)24-12-6-5-10(7-15(12)23-14)19-9-11(8-18)22-17(19)20/h2-7,11H,8-9,18H2,1H3/t11-/m0/s1. The van der Waals surface area contributed by atoms with Gasteiger partial charge in [-0.25, -0.2) is 4.79 Å². The van der Waals surface area contributed by atoms with E-state index in [-0.39, 0.29) is 6.10 Å². The molecule has 0 aliphatic carbocycles. The predicted molar refractivity (Wildman–Crippen MR) is 86.3 cm³/mol. The lowest BCUT2D eigenvalue weighted by atomic mass is 10.2. The van der Waals surface area contributed by atoms with Gasteiger partial charge in [0.1, 0.15) is 6.10 Å². The third kappa shape index (κ3) is 2.30. The molecule has 0 saturated carbocycles. The lowest BCUT2D eigenvalue weighted by Crippen LogP contribution is -2.27. The Bertz CT molecular complexity index is 808. The van der Waals surface area contributed by atoms with Crippen LogP contribution >= 0.6 is 0 Å². The van der Waals surface area contributed by atoms with Gasteiger partial charge < -0.3 is 24.7 Å². The van der Waals surface area contributed by atoms with Crippen molar-refractivity contribution < 1.29 is 23.7 Å². The molecule has 0 bridgehead atoms. The number of cyclic esters (lactones) is 1. The van der Waals surface area contributed by atoms with Crippen LogP contribution in [-0.4, -0.2) is 32.4 Å². The number of rotatable bonds is 3. The van der Waals surface area contributed by atoms with Crippen LogP contribution in [0.5, 0.6) is 28.7 Å². The highest BCUT2D eigenvalue weighted by Gasteiger charge is 2.32. The van der Waals surface area contributed by atoms with Gasteiger partial charge >= 0.3 is 6.09 Å². The molecule has 1 fully saturated rings. The van der Waals surface area contributed by atoms with Crippen LogP contribution in [0.25, 0.3) is 0 Å². The summed E-state index contributed by atoms with van der Waals surface area (Å²) in [4.78, 5) is 13.5. The Hall–Kier alpha value is -2.93. The Morgan fingerprint density at radius 3 is 2.83 bits per heavy atom. The molecule has 2 aliphatic heterocycles. The van der Waals surface area contributed by atoms with Crippen molar-refractivity contribution in [2.24, 2.45) is 5.73 Å². The molecule has 0 radical (unpaired) electrons. The summed E-state index contributed by atoms with van der Waals surface area (Å²) in [5.74, 6) is 2.76. The van der Waals surface area contributed by atoms with E-state index in [4.69, 9.17) is 24.7 Å². The number of ether oxygens (including phenoxy) is 4. The number of methoxy groups -OCH3 is 1. The largest absolute Gasteiger partial charge is 0.493 e. The summed E-state index contributed by atoms with van der Waals surface area (Å²) in [5.41, 5.74) is 6.24. The van der Waals surface area contributed by atoms with E-state index >= 15 is 0 Å². The SMILES string of the molecule is COc1cccc2c1Oc1ccc(N3C[C@H](CN)OC3=O)cc1O2. The number of hydrogen-bond acceptors (Lipinski definition) is 6. The first-order valence-corrected chi connectivity index (χ1v) is 7.54. The summed E-state index contributed by atoms with van der Waals surface area (Å²) in [6.45, 7) is 0.708. The molecule has 1 saturated heterocycles. The number of benzene rings is 2. The van der Waals surface area contributed by atoms with Gasteiger partial charge in [0.2, 0.25) is 5.75 Å². The Labute approximate surface area is 138 Å². The fraction of sp³-hybridized carbons (Fsp3) is 0.235. The Kier molecular flexibility index (Phi) is 3.42. The number of nitrogens with two attached hydrogens (primary N) is 1. The molecule has 124 valence electrons. The van der Waals surface area contributed by atoms with Gasteiger partial charge in [0.25, 0.3) is 0 Å². The first kappa shape index (κ1) is 14.6. The first-order chi connectivity index (χ1) is 11.7. The first-order valence-electron chi connectivity index (χ1n) is 7.54. The number of amides is 1. The Morgan fingerprint density at radius 2 is 2.08 bits per heavy atom. The third-order valence-electron chi connectivity index (χ3n) is 3.97. The second kappa shape index (κ2) is 5.61. The van der Waals surface area contributed by atoms with E-state index in [0.29, 0.717) is 47.5 Å². The fourth-order valence-corrected chi connectivity index (χ4v) is 2.75. The third-order valence-corrected chi connectivity index (χ3v) is 3.97. The minimum Gasteiger partial charge on any atom is -0.493 e. The Balaban J connectivity index is 1.65. The van der Waals surface area contributed by atoms with Crippen LogP contribution in [0.4, 0.5) is 10.5 Å². The number of para-hydroxylation sites is 1. The summed E-state index contributed by atoms with van der Waals surface area (Å²) in [6, 6.07) is 10.7. The minimum atomic E-state index is -0.413. The van der Waals surface area contributed by atoms with Crippen molar-refractivity contribution in [3.05, 3.63) is 36.4 Å². The molecule has 0 spiro atoms. The average Bonchev–Trinajstić information content (AvgIpc) is 3.00. The molecule has 2 aromatic rings. The maximum atomic E-state index is 12.0. The number of carbonyl (C=O) groups excluding carboxylic acids is 1. The van der Waals surface area contributed by atoms with E-state index in [1.807, 2.05) is 6.07 Å². The molecule has 1 amide bonds. The molecule has 24 heavy (non-hydrogen) atoms. The highest BCUT2D eigenvalue weighted by Crippen LogP contribution is 2.50. The average molecular weight is 328 g/mol. The molecular formula is C17H16N2O5. The second-order valence-corrected chi connectivity index (χ2v) is 5.47. The summed E-state index contributed by atoms with van der Waals surface area (Å²) in [6.07, 6.45) is -0.708. The van der Waals surface area contributed by atoms with Gasteiger partial charge in [0, 0.05) is 12.6 Å². The zero-order valence-corrected chi connectivity index (χ0v) is 13.0. The van der Waals surface area contributed by atoms with E-state index in [0.717, 1.165) is 0 Å². The van der Waals surface area contributed by atoms with Gasteiger partial charge in [-0.05, 0) is 24.3 Å². The van der Waals surface area contributed by atoms with Gasteiger partial charge in [-0.15, -0.1) is 0 Å². The maximum absolute atomic E-state index is 12.0. The molecular weight excluding hydrogens is 312 g/mol. The van der Waals surface area contributed by atoms with Crippen molar-refractivity contribution in [1.29, 1.82) is 0 Å². The van der Waals surface area contributed by atoms with Crippen molar-refractivity contribution in [3.8, 4) is 28.7 Å². The molecule has 1 atom stereocenters. The maximum Gasteiger partial charge on any atom is 0.414 e. The second-order valence-electron chi connectivity index (χ2n) is 5.47. The van der Waals surface area contributed by atoms with Gasteiger partial charge in [0.15, 0.2) is 23.0 Å². The summed E-state index contributed by atoms with van der Waals surface area (Å²) in [5, 5.41) is 0. The van der Waals surface area contributed by atoms with E-state index in [1.54, 1.807) is 37.4 Å². The van der Waals surface area contributed by atoms with Crippen LogP contribution in [0, 0.1) is 0 Å². The highest BCUT2D eigenvalue weighted by atomic mass is 16.6. The molecule has 7 heteroatoms. The molecule has 2 aromatic carbocycles. The lowest BCUT2D eigenvalue weighted by molar-refractivity contribution is 0.145. The molecule has 2 N–H and O–H groups in total. The highest BCUT2D eigenvalue weighted by molar-refractivity contribution is 5.90. The Morgan fingerprint density at radius 1 is 1.21 bits per heavy atom. The number of nitrogens with zero attached hydrogens (tertiary/aromatic N) is 1. The lowest BCUT2D eigenvalue weighted by Gasteiger charge is -2.23. The molecule has 7 nitrogen and oxygen atoms in total. The number of carbonyl (C=O) groups is 1. The van der Waals surface area contributed by atoms with Gasteiger partial charge in [0.05, 0.1) is 19.3 Å².